The predicted octanol–water partition coefficient (Wildman–Crippen LogP) is 4.77. The van der Waals surface area contributed by atoms with Gasteiger partial charge in [0.15, 0.2) is 6.10 Å². The maximum atomic E-state index is 12.5. The molecule has 0 heterocycles. The van der Waals surface area contributed by atoms with Crippen molar-refractivity contribution in [1.82, 2.24) is 5.32 Å². The fourth-order valence-corrected chi connectivity index (χ4v) is 3.54. The molecule has 1 unspecified atom stereocenters. The van der Waals surface area contributed by atoms with E-state index in [-0.39, 0.29) is 17.9 Å². The molecule has 2 aromatic carbocycles. The average Bonchev–Trinajstić information content (AvgIpc) is 2.72. The fourth-order valence-electron chi connectivity index (χ4n) is 3.54. The summed E-state index contributed by atoms with van der Waals surface area (Å²) in [5.41, 5.74) is 3.32. The molecule has 0 bridgehead atoms. The van der Waals surface area contributed by atoms with Crippen LogP contribution in [0.5, 0.6) is 5.75 Å². The number of carbonyl (C=O) groups is 2. The summed E-state index contributed by atoms with van der Waals surface area (Å²) in [5, 5.41) is 5.95. The molecule has 0 aromatic heterocycles. The molecule has 2 aromatic rings. The van der Waals surface area contributed by atoms with Gasteiger partial charge >= 0.3 is 0 Å². The van der Waals surface area contributed by atoms with Gasteiger partial charge in [0.2, 0.25) is 0 Å². The van der Waals surface area contributed by atoms with Crippen LogP contribution in [0.4, 0.5) is 5.69 Å². The predicted molar refractivity (Wildman–Crippen MR) is 115 cm³/mol. The van der Waals surface area contributed by atoms with Gasteiger partial charge in [-0.1, -0.05) is 31.4 Å². The van der Waals surface area contributed by atoms with Crippen molar-refractivity contribution in [3.8, 4) is 5.75 Å². The summed E-state index contributed by atoms with van der Waals surface area (Å²) in [6, 6.07) is 13.2. The van der Waals surface area contributed by atoms with E-state index in [4.69, 9.17) is 4.74 Å². The lowest BCUT2D eigenvalue weighted by molar-refractivity contribution is -0.122. The summed E-state index contributed by atoms with van der Waals surface area (Å²) in [4.78, 5) is 24.9. The van der Waals surface area contributed by atoms with Gasteiger partial charge in [-0.25, -0.2) is 0 Å². The molecule has 1 fully saturated rings. The van der Waals surface area contributed by atoms with Gasteiger partial charge in [0.05, 0.1) is 0 Å². The number of ether oxygens (including phenoxy) is 1. The third-order valence-electron chi connectivity index (χ3n) is 5.37. The van der Waals surface area contributed by atoms with E-state index in [9.17, 15) is 9.59 Å². The van der Waals surface area contributed by atoms with Crippen LogP contribution in [0.2, 0.25) is 0 Å². The van der Waals surface area contributed by atoms with Crippen LogP contribution >= 0.6 is 0 Å². The smallest absolute Gasteiger partial charge is 0.265 e. The van der Waals surface area contributed by atoms with Gasteiger partial charge in [-0.2, -0.15) is 0 Å². The van der Waals surface area contributed by atoms with Gasteiger partial charge in [-0.05, 0) is 75.1 Å². The highest BCUT2D eigenvalue weighted by Crippen LogP contribution is 2.21. The van der Waals surface area contributed by atoms with Gasteiger partial charge in [-0.15, -0.1) is 0 Å². The van der Waals surface area contributed by atoms with Crippen LogP contribution in [0.1, 0.15) is 60.5 Å². The molecule has 0 radical (unpaired) electrons. The molecule has 154 valence electrons. The Balaban J connectivity index is 1.55. The number of amides is 2. The van der Waals surface area contributed by atoms with Crippen LogP contribution < -0.4 is 15.4 Å². The van der Waals surface area contributed by atoms with E-state index >= 15 is 0 Å². The number of rotatable bonds is 6. The van der Waals surface area contributed by atoms with Crippen LogP contribution in [0.25, 0.3) is 0 Å². The van der Waals surface area contributed by atoms with Crippen molar-refractivity contribution in [2.24, 2.45) is 0 Å². The van der Waals surface area contributed by atoms with Crippen LogP contribution in [0, 0.1) is 13.8 Å². The minimum atomic E-state index is -0.634. The Labute approximate surface area is 172 Å². The second-order valence-electron chi connectivity index (χ2n) is 7.90. The highest BCUT2D eigenvalue weighted by molar-refractivity contribution is 5.97. The van der Waals surface area contributed by atoms with Crippen LogP contribution in [-0.4, -0.2) is 24.0 Å². The van der Waals surface area contributed by atoms with Crippen molar-refractivity contribution >= 4 is 17.5 Å². The minimum absolute atomic E-state index is 0.0543. The first-order valence-electron chi connectivity index (χ1n) is 10.4. The first-order valence-corrected chi connectivity index (χ1v) is 10.4. The Morgan fingerprint density at radius 1 is 1.00 bits per heavy atom. The molecule has 0 spiro atoms. The Hall–Kier alpha value is -2.82. The van der Waals surface area contributed by atoms with Gasteiger partial charge in [0.25, 0.3) is 11.8 Å². The lowest BCUT2D eigenvalue weighted by atomic mass is 9.95. The highest BCUT2D eigenvalue weighted by atomic mass is 16.5. The monoisotopic (exact) mass is 394 g/mol. The van der Waals surface area contributed by atoms with Crippen molar-refractivity contribution in [2.75, 3.05) is 5.32 Å². The van der Waals surface area contributed by atoms with Crippen molar-refractivity contribution < 1.29 is 14.3 Å². The average molecular weight is 395 g/mol. The van der Waals surface area contributed by atoms with Crippen molar-refractivity contribution in [2.45, 2.75) is 65.0 Å². The zero-order chi connectivity index (χ0) is 20.8. The molecular formula is C24H30N2O3. The van der Waals surface area contributed by atoms with Crippen LogP contribution in [0.15, 0.2) is 42.5 Å². The third kappa shape index (κ3) is 5.83. The maximum absolute atomic E-state index is 12.5. The lowest BCUT2D eigenvalue weighted by Gasteiger charge is -2.22. The topological polar surface area (TPSA) is 67.4 Å². The Morgan fingerprint density at radius 2 is 1.69 bits per heavy atom. The SMILES string of the molecule is Cc1ccc(C)c(OC(C)C(=O)Nc2ccc(C(=O)NC3CCCCC3)cc2)c1. The van der Waals surface area contributed by atoms with E-state index in [1.165, 1.54) is 19.3 Å². The Kier molecular flexibility index (Phi) is 6.91. The normalized spacial score (nSPS) is 15.4. The molecule has 0 saturated heterocycles. The van der Waals surface area contributed by atoms with E-state index in [0.717, 1.165) is 24.0 Å². The maximum Gasteiger partial charge on any atom is 0.265 e. The minimum Gasteiger partial charge on any atom is -0.481 e. The van der Waals surface area contributed by atoms with E-state index in [1.807, 2.05) is 32.0 Å². The number of hydrogen-bond donors (Lipinski definition) is 2. The van der Waals surface area contributed by atoms with Gasteiger partial charge < -0.3 is 15.4 Å². The number of anilines is 1. The lowest BCUT2D eigenvalue weighted by Crippen LogP contribution is -2.36. The quantitative estimate of drug-likeness (QED) is 0.741. The second kappa shape index (κ2) is 9.59. The molecule has 1 aliphatic rings. The number of aryl methyl sites for hydroxylation is 2. The summed E-state index contributed by atoms with van der Waals surface area (Å²) in [6.45, 7) is 5.67. The summed E-state index contributed by atoms with van der Waals surface area (Å²) < 4.78 is 5.83. The standard InChI is InChI=1S/C24H30N2O3/c1-16-9-10-17(2)22(15-16)29-18(3)23(27)25-21-13-11-19(12-14-21)24(28)26-20-7-5-4-6-8-20/h9-15,18,20H,4-8H2,1-3H3,(H,25,27)(H,26,28). The zero-order valence-corrected chi connectivity index (χ0v) is 17.5. The summed E-state index contributed by atoms with van der Waals surface area (Å²) in [5.74, 6) is 0.425. The molecule has 29 heavy (non-hydrogen) atoms. The summed E-state index contributed by atoms with van der Waals surface area (Å²) >= 11 is 0. The van der Waals surface area contributed by atoms with E-state index < -0.39 is 6.10 Å². The Bertz CT molecular complexity index is 855. The van der Waals surface area contributed by atoms with Gasteiger partial charge in [0, 0.05) is 17.3 Å². The zero-order valence-electron chi connectivity index (χ0n) is 17.5. The molecule has 0 aliphatic heterocycles. The number of nitrogens with one attached hydrogen (secondary N) is 2. The molecule has 5 heteroatoms. The molecule has 3 rings (SSSR count). The number of carbonyl (C=O) groups excluding carboxylic acids is 2. The van der Waals surface area contributed by atoms with E-state index in [1.54, 1.807) is 31.2 Å². The van der Waals surface area contributed by atoms with Crippen molar-refractivity contribution in [1.29, 1.82) is 0 Å². The first kappa shape index (κ1) is 20.9. The highest BCUT2D eigenvalue weighted by Gasteiger charge is 2.18. The summed E-state index contributed by atoms with van der Waals surface area (Å²) in [7, 11) is 0. The molecule has 5 nitrogen and oxygen atoms in total. The number of hydrogen-bond acceptors (Lipinski definition) is 3. The van der Waals surface area contributed by atoms with Crippen LogP contribution in [-0.2, 0) is 4.79 Å². The van der Waals surface area contributed by atoms with E-state index in [2.05, 4.69) is 10.6 Å². The van der Waals surface area contributed by atoms with Crippen molar-refractivity contribution in [3.63, 3.8) is 0 Å². The van der Waals surface area contributed by atoms with E-state index in [0.29, 0.717) is 17.0 Å². The second-order valence-corrected chi connectivity index (χ2v) is 7.90. The molecular weight excluding hydrogens is 364 g/mol. The largest absolute Gasteiger partial charge is 0.481 e. The summed E-state index contributed by atoms with van der Waals surface area (Å²) in [6.07, 6.45) is 5.09. The molecule has 1 saturated carbocycles. The molecule has 1 aliphatic carbocycles. The molecule has 2 amide bonds. The molecule has 2 N–H and O–H groups in total. The third-order valence-corrected chi connectivity index (χ3v) is 5.37. The van der Waals surface area contributed by atoms with Gasteiger partial charge in [0.1, 0.15) is 5.75 Å². The van der Waals surface area contributed by atoms with Gasteiger partial charge in [-0.3, -0.25) is 9.59 Å². The number of benzene rings is 2. The molecule has 1 atom stereocenters. The Morgan fingerprint density at radius 3 is 2.38 bits per heavy atom. The first-order chi connectivity index (χ1) is 13.9. The fraction of sp³-hybridized carbons (Fsp3) is 0.417. The van der Waals surface area contributed by atoms with Crippen molar-refractivity contribution in [3.05, 3.63) is 59.2 Å². The van der Waals surface area contributed by atoms with Crippen LogP contribution in [0.3, 0.4) is 0 Å².